The Hall–Kier alpha value is -2.49. The van der Waals surface area contributed by atoms with Crippen LogP contribution >= 0.6 is 0 Å². The number of benzene rings is 2. The van der Waals surface area contributed by atoms with Crippen LogP contribution in [0, 0.1) is 5.41 Å². The predicted octanol–water partition coefficient (Wildman–Crippen LogP) is 3.65. The molecule has 0 aliphatic carbocycles. The first-order valence-electron chi connectivity index (χ1n) is 8.65. The van der Waals surface area contributed by atoms with Crippen molar-refractivity contribution in [1.82, 2.24) is 0 Å². The molecule has 0 aliphatic heterocycles. The van der Waals surface area contributed by atoms with Gasteiger partial charge in [0.05, 0.1) is 0 Å². The first-order chi connectivity index (χ1) is 13.4. The van der Waals surface area contributed by atoms with Crippen molar-refractivity contribution >= 4 is 55.3 Å². The van der Waals surface area contributed by atoms with Crippen LogP contribution in [0.4, 0.5) is 5.69 Å². The Morgan fingerprint density at radius 1 is 1.18 bits per heavy atom. The van der Waals surface area contributed by atoms with E-state index in [1.165, 1.54) is 14.0 Å². The first kappa shape index (κ1) is 21.8. The molecule has 28 heavy (non-hydrogen) atoms. The quantitative estimate of drug-likeness (QED) is 0.219. The number of nitrogens with one attached hydrogen (secondary N) is 2. The molecule has 0 atom stereocenters. The van der Waals surface area contributed by atoms with Crippen molar-refractivity contribution in [2.24, 2.45) is 0 Å². The third-order valence-corrected chi connectivity index (χ3v) is 5.25. The van der Waals surface area contributed by atoms with Crippen LogP contribution in [0.3, 0.4) is 0 Å². The van der Waals surface area contributed by atoms with Crippen LogP contribution in [0.5, 0.6) is 5.75 Å². The molecule has 0 radical (unpaired) electrons. The zero-order valence-electron chi connectivity index (χ0n) is 16.0. The molecule has 0 aromatic heterocycles. The summed E-state index contributed by atoms with van der Waals surface area (Å²) in [4.78, 5) is 23.6. The number of ether oxygens (including phenoxy) is 2. The Bertz CT molecular complexity index is 921. The van der Waals surface area contributed by atoms with Crippen molar-refractivity contribution in [2.45, 2.75) is 13.8 Å². The Balaban J connectivity index is 2.41. The minimum absolute atomic E-state index is 0.00690. The molecule has 7 heteroatoms. The van der Waals surface area contributed by atoms with Crippen molar-refractivity contribution in [2.75, 3.05) is 16.8 Å². The molecular formula is C21H21N2O4Tl. The SMILES string of the molecule is CCOC(=O)c1ccc([NH][Tl])c(C(=N)/C=C/c2ccc(C(C)=O)cc2)c1OC. The van der Waals surface area contributed by atoms with E-state index >= 15 is 0 Å². The number of anilines is 1. The van der Waals surface area contributed by atoms with Gasteiger partial charge in [-0.2, -0.15) is 0 Å². The Kier molecular flexibility index (Phi) is 7.92. The summed E-state index contributed by atoms with van der Waals surface area (Å²) in [5, 5.41) is 8.52. The van der Waals surface area contributed by atoms with E-state index in [0.717, 1.165) is 11.3 Å². The van der Waals surface area contributed by atoms with Gasteiger partial charge in [-0.25, -0.2) is 0 Å². The van der Waals surface area contributed by atoms with Crippen LogP contribution < -0.4 is 7.86 Å². The van der Waals surface area contributed by atoms with Crippen molar-refractivity contribution < 1.29 is 19.1 Å². The van der Waals surface area contributed by atoms with Crippen molar-refractivity contribution in [3.63, 3.8) is 0 Å². The Labute approximate surface area is 180 Å². The summed E-state index contributed by atoms with van der Waals surface area (Å²) in [6.45, 7) is 3.52. The molecule has 0 spiro atoms. The topological polar surface area (TPSA) is 88.5 Å². The van der Waals surface area contributed by atoms with E-state index < -0.39 is 5.97 Å². The second kappa shape index (κ2) is 10.2. The number of ketones is 1. The van der Waals surface area contributed by atoms with Crippen LogP contribution in [0.2, 0.25) is 0 Å². The molecule has 2 aromatic rings. The summed E-state index contributed by atoms with van der Waals surface area (Å²) < 4.78 is 13.8. The maximum atomic E-state index is 12.2. The van der Waals surface area contributed by atoms with Gasteiger partial charge in [-0.3, -0.25) is 0 Å². The van der Waals surface area contributed by atoms with Crippen molar-refractivity contribution in [3.8, 4) is 5.75 Å². The van der Waals surface area contributed by atoms with E-state index in [-0.39, 0.29) is 23.7 Å². The molecule has 142 valence electrons. The Morgan fingerprint density at radius 3 is 2.39 bits per heavy atom. The van der Waals surface area contributed by atoms with E-state index in [1.54, 1.807) is 43.3 Å². The molecule has 0 unspecified atom stereocenters. The molecule has 0 saturated carbocycles. The molecule has 0 bridgehead atoms. The van der Waals surface area contributed by atoms with E-state index in [1.807, 2.05) is 12.1 Å². The van der Waals surface area contributed by atoms with E-state index in [2.05, 4.69) is 3.13 Å². The van der Waals surface area contributed by atoms with Gasteiger partial charge in [0.15, 0.2) is 0 Å². The standard InChI is InChI=1S/C21H22N2O4.Tl/c1-4-27-21(25)16-10-12-18(23)19(20(16)26-3)17(22)11-7-14-5-8-15(9-6-14)13(2)24;/h5-12H,4H2,1-3H3,(H3,22,23,25);/q;+1/p-1/b11-7+;. The maximum absolute atomic E-state index is 12.2. The van der Waals surface area contributed by atoms with E-state index in [9.17, 15) is 9.59 Å². The number of esters is 1. The van der Waals surface area contributed by atoms with Crippen LogP contribution in [0.15, 0.2) is 42.5 Å². The van der Waals surface area contributed by atoms with E-state index in [0.29, 0.717) is 42.9 Å². The van der Waals surface area contributed by atoms with Crippen molar-refractivity contribution in [3.05, 3.63) is 64.7 Å². The summed E-state index contributed by atoms with van der Waals surface area (Å²) in [5.74, 6) is -0.169. The van der Waals surface area contributed by atoms with Crippen LogP contribution in [0.1, 0.15) is 45.7 Å². The molecule has 2 N–H and O–H groups in total. The van der Waals surface area contributed by atoms with Gasteiger partial charge in [0.25, 0.3) is 0 Å². The summed E-state index contributed by atoms with van der Waals surface area (Å²) >= 11 is 0.456. The number of rotatable bonds is 8. The molecule has 0 saturated heterocycles. The second-order valence-corrected chi connectivity index (χ2v) is 6.98. The van der Waals surface area contributed by atoms with E-state index in [4.69, 9.17) is 14.9 Å². The average Bonchev–Trinajstić information content (AvgIpc) is 2.71. The average molecular weight is 570 g/mol. The van der Waals surface area contributed by atoms with Crippen LogP contribution in [0.25, 0.3) is 6.08 Å². The molecule has 0 aliphatic rings. The number of carbonyl (C=O) groups is 2. The van der Waals surface area contributed by atoms with Gasteiger partial charge in [-0.05, 0) is 0 Å². The summed E-state index contributed by atoms with van der Waals surface area (Å²) in [6, 6.07) is 10.5. The van der Waals surface area contributed by atoms with Gasteiger partial charge in [0, 0.05) is 0 Å². The van der Waals surface area contributed by atoms with Gasteiger partial charge >= 0.3 is 181 Å². The summed E-state index contributed by atoms with van der Waals surface area (Å²) in [6.07, 6.45) is 3.42. The molecule has 6 nitrogen and oxygen atoms in total. The zero-order chi connectivity index (χ0) is 20.7. The number of methoxy groups -OCH3 is 1. The third-order valence-electron chi connectivity index (χ3n) is 4.04. The van der Waals surface area contributed by atoms with Crippen molar-refractivity contribution in [1.29, 1.82) is 5.41 Å². The number of allylic oxidation sites excluding steroid dienone is 1. The number of hydrogen-bond donors (Lipinski definition) is 2. The minimum atomic E-state index is -0.487. The van der Waals surface area contributed by atoms with Gasteiger partial charge < -0.3 is 0 Å². The number of hydrogen-bond acceptors (Lipinski definition) is 6. The summed E-state index contributed by atoms with van der Waals surface area (Å²) in [5.41, 5.74) is 3.22. The number of carbonyl (C=O) groups excluding carboxylic acids is 2. The van der Waals surface area contributed by atoms with Gasteiger partial charge in [0.2, 0.25) is 0 Å². The molecule has 0 heterocycles. The zero-order valence-corrected chi connectivity index (χ0v) is 20.5. The normalized spacial score (nSPS) is 10.5. The van der Waals surface area contributed by atoms with Crippen LogP contribution in [-0.4, -0.2) is 57.2 Å². The first-order valence-corrected chi connectivity index (χ1v) is 10.9. The fraction of sp³-hybridized carbons (Fsp3) is 0.190. The predicted molar refractivity (Wildman–Crippen MR) is 111 cm³/mol. The van der Waals surface area contributed by atoms with Crippen LogP contribution in [-0.2, 0) is 4.74 Å². The van der Waals surface area contributed by atoms with Gasteiger partial charge in [0.1, 0.15) is 0 Å². The molecule has 0 fully saturated rings. The second-order valence-electron chi connectivity index (χ2n) is 5.86. The molecule has 2 rings (SSSR count). The number of Topliss-reactive ketones (excluding diaryl/α,β-unsaturated/α-hetero) is 1. The molecule has 0 amide bonds. The molecular weight excluding hydrogens is 549 g/mol. The fourth-order valence-corrected chi connectivity index (χ4v) is 3.58. The summed E-state index contributed by atoms with van der Waals surface area (Å²) in [7, 11) is 1.47. The monoisotopic (exact) mass is 570 g/mol. The fourth-order valence-electron chi connectivity index (χ4n) is 2.64. The van der Waals surface area contributed by atoms with Gasteiger partial charge in [-0.1, -0.05) is 0 Å². The Morgan fingerprint density at radius 2 is 1.86 bits per heavy atom. The molecule has 2 aromatic carbocycles. The third kappa shape index (κ3) is 5.06. The van der Waals surface area contributed by atoms with Gasteiger partial charge in [-0.15, -0.1) is 0 Å².